The molecule has 0 radical (unpaired) electrons. The second-order valence-corrected chi connectivity index (χ2v) is 5.76. The zero-order valence-electron chi connectivity index (χ0n) is 11.9. The Labute approximate surface area is 122 Å². The maximum atomic E-state index is 9.07. The lowest BCUT2D eigenvalue weighted by molar-refractivity contribution is 0.415. The lowest BCUT2D eigenvalue weighted by Crippen LogP contribution is -2.35. The van der Waals surface area contributed by atoms with E-state index in [1.54, 1.807) is 7.11 Å². The quantitative estimate of drug-likeness (QED) is 0.847. The molecule has 2 saturated heterocycles. The van der Waals surface area contributed by atoms with Crippen molar-refractivity contribution in [2.75, 3.05) is 31.6 Å². The van der Waals surface area contributed by atoms with Gasteiger partial charge in [-0.25, -0.2) is 4.98 Å². The van der Waals surface area contributed by atoms with Crippen LogP contribution in [0.4, 0.5) is 5.95 Å². The number of fused-ring (bicyclic) bond motifs is 2. The second-order valence-electron chi connectivity index (χ2n) is 5.76. The summed E-state index contributed by atoms with van der Waals surface area (Å²) in [5, 5.41) is 9.07. The number of hydrogen-bond donors (Lipinski definition) is 1. The number of nitrogens with one attached hydrogen (secondary N) is 1. The van der Waals surface area contributed by atoms with Crippen LogP contribution in [0.15, 0.2) is 18.2 Å². The van der Waals surface area contributed by atoms with Gasteiger partial charge in [-0.05, 0) is 18.6 Å². The first-order valence-electron chi connectivity index (χ1n) is 7.23. The number of anilines is 1. The van der Waals surface area contributed by atoms with Crippen molar-refractivity contribution in [3.63, 3.8) is 0 Å². The number of nitrogens with zero attached hydrogens (tertiary/aromatic N) is 4. The fourth-order valence-corrected chi connectivity index (χ4v) is 3.54. The van der Waals surface area contributed by atoms with Gasteiger partial charge in [0.2, 0.25) is 5.95 Å². The fraction of sp³-hybridized carbons (Fsp3) is 0.467. The molecule has 3 heterocycles. The van der Waals surface area contributed by atoms with E-state index in [-0.39, 0.29) is 0 Å². The Bertz CT molecular complexity index is 718. The van der Waals surface area contributed by atoms with Gasteiger partial charge >= 0.3 is 0 Å². The third-order valence-corrected chi connectivity index (χ3v) is 4.64. The maximum absolute atomic E-state index is 9.07. The molecule has 21 heavy (non-hydrogen) atoms. The summed E-state index contributed by atoms with van der Waals surface area (Å²) in [6.07, 6.45) is 3.39. The molecule has 0 bridgehead atoms. The van der Waals surface area contributed by atoms with Crippen molar-refractivity contribution in [3.8, 4) is 11.9 Å². The Morgan fingerprint density at radius 1 is 1.43 bits per heavy atom. The van der Waals surface area contributed by atoms with Gasteiger partial charge in [0.25, 0.3) is 0 Å². The van der Waals surface area contributed by atoms with Gasteiger partial charge in [-0.1, -0.05) is 0 Å². The molecule has 6 heteroatoms. The van der Waals surface area contributed by atoms with Crippen molar-refractivity contribution in [1.82, 2.24) is 14.9 Å². The highest BCUT2D eigenvalue weighted by Gasteiger charge is 2.42. The van der Waals surface area contributed by atoms with Crippen LogP contribution in [0, 0.1) is 17.4 Å². The Hall–Kier alpha value is -2.42. The normalized spacial score (nSPS) is 24.4. The Balaban J connectivity index is 1.66. The number of benzene rings is 1. The molecular formula is C15H17N5O. The number of H-pyrrole nitrogens is 1. The molecule has 108 valence electrons. The zero-order valence-corrected chi connectivity index (χ0v) is 11.9. The molecule has 2 aliphatic heterocycles. The molecule has 0 unspecified atom stereocenters. The van der Waals surface area contributed by atoms with Crippen molar-refractivity contribution < 1.29 is 4.74 Å². The number of aromatic amines is 1. The Kier molecular flexibility index (Phi) is 2.67. The third kappa shape index (κ3) is 1.88. The van der Waals surface area contributed by atoms with Crippen LogP contribution in [0.5, 0.6) is 5.75 Å². The molecule has 1 aromatic heterocycles. The number of rotatable bonds is 2. The average Bonchev–Trinajstić information content (AvgIpc) is 3.18. The van der Waals surface area contributed by atoms with Crippen LogP contribution in [0.25, 0.3) is 11.0 Å². The van der Waals surface area contributed by atoms with Crippen LogP contribution in [0.2, 0.25) is 0 Å². The summed E-state index contributed by atoms with van der Waals surface area (Å²) in [7, 11) is 1.67. The molecule has 4 rings (SSSR count). The van der Waals surface area contributed by atoms with E-state index in [1.807, 2.05) is 23.1 Å². The summed E-state index contributed by atoms with van der Waals surface area (Å²) in [4.78, 5) is 12.3. The molecule has 0 aliphatic carbocycles. The Morgan fingerprint density at radius 2 is 2.33 bits per heavy atom. The molecule has 0 spiro atoms. The molecule has 1 aromatic carbocycles. The highest BCUT2D eigenvalue weighted by atomic mass is 16.5. The summed E-state index contributed by atoms with van der Waals surface area (Å²) >= 11 is 0. The first kappa shape index (κ1) is 12.3. The standard InChI is InChI=1S/C15H17N5O/c1-21-11-2-3-12-13(6-11)18-15(17-12)20-5-4-10-7-19(9-16)8-14(10)20/h2-3,6,10,14H,4-5,7-8H2,1H3,(H,17,18)/t10-,14+/m1/s1. The van der Waals surface area contributed by atoms with Gasteiger partial charge in [0.1, 0.15) is 5.75 Å². The molecule has 0 saturated carbocycles. The van der Waals surface area contributed by atoms with Gasteiger partial charge in [0.15, 0.2) is 6.19 Å². The van der Waals surface area contributed by atoms with Crippen molar-refractivity contribution in [2.45, 2.75) is 12.5 Å². The average molecular weight is 283 g/mol. The van der Waals surface area contributed by atoms with Gasteiger partial charge in [-0.3, -0.25) is 0 Å². The van der Waals surface area contributed by atoms with E-state index >= 15 is 0 Å². The van der Waals surface area contributed by atoms with E-state index in [1.165, 1.54) is 0 Å². The minimum Gasteiger partial charge on any atom is -0.497 e. The SMILES string of the molecule is COc1ccc2nc(N3CC[C@@H]4CN(C#N)C[C@@H]43)[nH]c2c1. The van der Waals surface area contributed by atoms with Crippen molar-refractivity contribution in [2.24, 2.45) is 5.92 Å². The van der Waals surface area contributed by atoms with Crippen LogP contribution in [-0.4, -0.2) is 47.7 Å². The maximum Gasteiger partial charge on any atom is 0.204 e. The molecular weight excluding hydrogens is 266 g/mol. The number of methoxy groups -OCH3 is 1. The topological polar surface area (TPSA) is 68.2 Å². The second kappa shape index (κ2) is 4.55. The van der Waals surface area contributed by atoms with Gasteiger partial charge in [-0.2, -0.15) is 5.26 Å². The monoisotopic (exact) mass is 283 g/mol. The molecule has 0 amide bonds. The van der Waals surface area contributed by atoms with Gasteiger partial charge in [0.05, 0.1) is 24.2 Å². The van der Waals surface area contributed by atoms with Crippen LogP contribution in [0.1, 0.15) is 6.42 Å². The van der Waals surface area contributed by atoms with E-state index in [2.05, 4.69) is 16.1 Å². The lowest BCUT2D eigenvalue weighted by Gasteiger charge is -2.22. The Morgan fingerprint density at radius 3 is 3.14 bits per heavy atom. The molecule has 2 aliphatic rings. The largest absolute Gasteiger partial charge is 0.497 e. The van der Waals surface area contributed by atoms with E-state index in [9.17, 15) is 0 Å². The fourth-order valence-electron chi connectivity index (χ4n) is 3.54. The number of ether oxygens (including phenoxy) is 1. The lowest BCUT2D eigenvalue weighted by atomic mass is 10.1. The van der Waals surface area contributed by atoms with Crippen molar-refractivity contribution in [3.05, 3.63) is 18.2 Å². The highest BCUT2D eigenvalue weighted by Crippen LogP contribution is 2.34. The van der Waals surface area contributed by atoms with E-state index in [0.29, 0.717) is 12.0 Å². The van der Waals surface area contributed by atoms with Crippen molar-refractivity contribution >= 4 is 17.0 Å². The van der Waals surface area contributed by atoms with E-state index < -0.39 is 0 Å². The van der Waals surface area contributed by atoms with Crippen LogP contribution < -0.4 is 9.64 Å². The van der Waals surface area contributed by atoms with Crippen molar-refractivity contribution in [1.29, 1.82) is 5.26 Å². The molecule has 6 nitrogen and oxygen atoms in total. The third-order valence-electron chi connectivity index (χ3n) is 4.64. The van der Waals surface area contributed by atoms with Crippen LogP contribution >= 0.6 is 0 Å². The van der Waals surface area contributed by atoms with Gasteiger partial charge in [-0.15, -0.1) is 0 Å². The zero-order chi connectivity index (χ0) is 14.4. The van der Waals surface area contributed by atoms with Gasteiger partial charge in [0, 0.05) is 31.6 Å². The number of imidazole rings is 1. The van der Waals surface area contributed by atoms with Crippen LogP contribution in [-0.2, 0) is 0 Å². The number of nitriles is 1. The predicted octanol–water partition coefficient (Wildman–Crippen LogP) is 1.56. The minimum absolute atomic E-state index is 0.395. The summed E-state index contributed by atoms with van der Waals surface area (Å²) in [5.41, 5.74) is 1.94. The summed E-state index contributed by atoms with van der Waals surface area (Å²) in [5.74, 6) is 2.31. The minimum atomic E-state index is 0.395. The molecule has 2 atom stereocenters. The number of hydrogen-bond acceptors (Lipinski definition) is 5. The summed E-state index contributed by atoms with van der Waals surface area (Å²) in [6.45, 7) is 2.69. The molecule has 2 fully saturated rings. The number of aromatic nitrogens is 2. The summed E-state index contributed by atoms with van der Waals surface area (Å²) < 4.78 is 5.25. The van der Waals surface area contributed by atoms with E-state index in [0.717, 1.165) is 48.8 Å². The van der Waals surface area contributed by atoms with Crippen LogP contribution in [0.3, 0.4) is 0 Å². The first-order valence-corrected chi connectivity index (χ1v) is 7.23. The first-order chi connectivity index (χ1) is 10.3. The summed E-state index contributed by atoms with van der Waals surface area (Å²) in [6, 6.07) is 6.26. The van der Waals surface area contributed by atoms with E-state index in [4.69, 9.17) is 15.0 Å². The highest BCUT2D eigenvalue weighted by molar-refractivity contribution is 5.79. The van der Waals surface area contributed by atoms with Gasteiger partial charge < -0.3 is 19.5 Å². The molecule has 1 N–H and O–H groups in total. The smallest absolute Gasteiger partial charge is 0.204 e. The predicted molar refractivity (Wildman–Crippen MR) is 79.1 cm³/mol. The number of likely N-dealkylation sites (tertiary alicyclic amines) is 1. The molecule has 2 aromatic rings.